The van der Waals surface area contributed by atoms with Gasteiger partial charge in [0.25, 0.3) is 0 Å². The summed E-state index contributed by atoms with van der Waals surface area (Å²) >= 11 is 0. The number of rotatable bonds is 3. The van der Waals surface area contributed by atoms with Gasteiger partial charge in [-0.2, -0.15) is 4.31 Å². The third kappa shape index (κ3) is 3.38. The van der Waals surface area contributed by atoms with Crippen LogP contribution >= 0.6 is 0 Å². The van der Waals surface area contributed by atoms with Crippen molar-refractivity contribution in [3.63, 3.8) is 0 Å². The Hall–Kier alpha value is -0.960. The van der Waals surface area contributed by atoms with E-state index in [1.807, 2.05) is 0 Å². The molecule has 112 valence electrons. The fraction of sp³-hybridized carbons (Fsp3) is 0.500. The maximum absolute atomic E-state index is 12.4. The molecule has 0 aliphatic carbocycles. The molecule has 1 heterocycles. The quantitative estimate of drug-likeness (QED) is 0.895. The van der Waals surface area contributed by atoms with E-state index in [4.69, 9.17) is 5.14 Å². The maximum Gasteiger partial charge on any atom is 0.243 e. The van der Waals surface area contributed by atoms with Crippen molar-refractivity contribution in [1.29, 1.82) is 0 Å². The highest BCUT2D eigenvalue weighted by atomic mass is 32.2. The molecule has 0 radical (unpaired) electrons. The van der Waals surface area contributed by atoms with E-state index in [2.05, 4.69) is 0 Å². The average Bonchev–Trinajstić information content (AvgIpc) is 2.67. The number of sulfonamides is 2. The standard InChI is InChI=1S/C12H18N2O4S2/c13-19(15,16)11-5-7-12(8-6-11)20(17,18)14-9-3-1-2-4-10-14/h5-8H,1-4,9-10H2,(H2,13,15,16). The zero-order valence-electron chi connectivity index (χ0n) is 11.0. The first-order valence-electron chi connectivity index (χ1n) is 6.45. The molecule has 8 heteroatoms. The Bertz CT molecular complexity index is 658. The Labute approximate surface area is 119 Å². The molecule has 0 unspecified atom stereocenters. The van der Waals surface area contributed by atoms with Crippen molar-refractivity contribution in [3.8, 4) is 0 Å². The molecule has 1 aliphatic heterocycles. The summed E-state index contributed by atoms with van der Waals surface area (Å²) in [5.74, 6) is 0. The van der Waals surface area contributed by atoms with Gasteiger partial charge in [-0.1, -0.05) is 12.8 Å². The second-order valence-corrected chi connectivity index (χ2v) is 8.33. The van der Waals surface area contributed by atoms with Crippen LogP contribution in [0.2, 0.25) is 0 Å². The molecule has 0 bridgehead atoms. The van der Waals surface area contributed by atoms with E-state index in [9.17, 15) is 16.8 Å². The number of primary sulfonamides is 1. The van der Waals surface area contributed by atoms with E-state index >= 15 is 0 Å². The van der Waals surface area contributed by atoms with Crippen LogP contribution in [0, 0.1) is 0 Å². The van der Waals surface area contributed by atoms with Crippen LogP contribution in [0.1, 0.15) is 25.7 Å². The van der Waals surface area contributed by atoms with Crippen LogP contribution in [0.3, 0.4) is 0 Å². The number of hydrogen-bond acceptors (Lipinski definition) is 4. The second kappa shape index (κ2) is 5.80. The first kappa shape index (κ1) is 15.4. The molecule has 1 aromatic rings. The van der Waals surface area contributed by atoms with Crippen molar-refractivity contribution < 1.29 is 16.8 Å². The van der Waals surface area contributed by atoms with Crippen LogP contribution in [-0.2, 0) is 20.0 Å². The van der Waals surface area contributed by atoms with Gasteiger partial charge in [-0.05, 0) is 37.1 Å². The molecule has 2 rings (SSSR count). The number of nitrogens with two attached hydrogens (primary N) is 1. The molecule has 1 aliphatic rings. The molecular weight excluding hydrogens is 300 g/mol. The Morgan fingerprint density at radius 1 is 0.800 bits per heavy atom. The van der Waals surface area contributed by atoms with Gasteiger partial charge in [-0.3, -0.25) is 0 Å². The van der Waals surface area contributed by atoms with E-state index < -0.39 is 20.0 Å². The van der Waals surface area contributed by atoms with Gasteiger partial charge < -0.3 is 0 Å². The molecule has 0 aromatic heterocycles. The SMILES string of the molecule is NS(=O)(=O)c1ccc(S(=O)(=O)N2CCCCCC2)cc1. The topological polar surface area (TPSA) is 97.5 Å². The van der Waals surface area contributed by atoms with Gasteiger partial charge in [-0.15, -0.1) is 0 Å². The van der Waals surface area contributed by atoms with Gasteiger partial charge in [-0.25, -0.2) is 22.0 Å². The van der Waals surface area contributed by atoms with Crippen molar-refractivity contribution in [1.82, 2.24) is 4.31 Å². The van der Waals surface area contributed by atoms with Gasteiger partial charge in [0.1, 0.15) is 0 Å². The second-order valence-electron chi connectivity index (χ2n) is 4.83. The van der Waals surface area contributed by atoms with Gasteiger partial charge >= 0.3 is 0 Å². The Balaban J connectivity index is 2.29. The summed E-state index contributed by atoms with van der Waals surface area (Å²) in [5, 5.41) is 4.99. The minimum Gasteiger partial charge on any atom is -0.225 e. The Morgan fingerprint density at radius 3 is 1.70 bits per heavy atom. The lowest BCUT2D eigenvalue weighted by Crippen LogP contribution is -2.31. The molecule has 0 atom stereocenters. The van der Waals surface area contributed by atoms with Crippen LogP contribution in [-0.4, -0.2) is 34.2 Å². The van der Waals surface area contributed by atoms with Crippen molar-refractivity contribution in [3.05, 3.63) is 24.3 Å². The van der Waals surface area contributed by atoms with Crippen molar-refractivity contribution >= 4 is 20.0 Å². The van der Waals surface area contributed by atoms with E-state index in [1.165, 1.54) is 28.6 Å². The lowest BCUT2D eigenvalue weighted by atomic mass is 10.2. The average molecular weight is 318 g/mol. The number of hydrogen-bond donors (Lipinski definition) is 1. The highest BCUT2D eigenvalue weighted by Crippen LogP contribution is 2.21. The summed E-state index contributed by atoms with van der Waals surface area (Å²) in [6.07, 6.45) is 3.79. The van der Waals surface area contributed by atoms with Gasteiger partial charge in [0.2, 0.25) is 20.0 Å². The summed E-state index contributed by atoms with van der Waals surface area (Å²) in [4.78, 5) is 0.0131. The summed E-state index contributed by atoms with van der Waals surface area (Å²) < 4.78 is 48.7. The molecule has 0 saturated carbocycles. The van der Waals surface area contributed by atoms with Crippen LogP contribution in [0.15, 0.2) is 34.1 Å². The number of benzene rings is 1. The third-order valence-electron chi connectivity index (χ3n) is 3.36. The molecule has 6 nitrogen and oxygen atoms in total. The summed E-state index contributed by atoms with van der Waals surface area (Å²) in [6.45, 7) is 1.03. The first-order valence-corrected chi connectivity index (χ1v) is 9.43. The lowest BCUT2D eigenvalue weighted by Gasteiger charge is -2.19. The molecule has 0 spiro atoms. The lowest BCUT2D eigenvalue weighted by molar-refractivity contribution is 0.423. The van der Waals surface area contributed by atoms with Crippen molar-refractivity contribution in [2.75, 3.05) is 13.1 Å². The largest absolute Gasteiger partial charge is 0.243 e. The molecule has 0 amide bonds. The predicted octanol–water partition coefficient (Wildman–Crippen LogP) is 0.899. The van der Waals surface area contributed by atoms with Gasteiger partial charge in [0, 0.05) is 13.1 Å². The summed E-state index contributed by atoms with van der Waals surface area (Å²) in [7, 11) is -7.35. The molecule has 1 saturated heterocycles. The zero-order valence-corrected chi connectivity index (χ0v) is 12.7. The summed E-state index contributed by atoms with van der Waals surface area (Å²) in [6, 6.07) is 5.03. The zero-order chi connectivity index (χ0) is 14.8. The van der Waals surface area contributed by atoms with Crippen LogP contribution in [0.4, 0.5) is 0 Å². The fourth-order valence-electron chi connectivity index (χ4n) is 2.23. The monoisotopic (exact) mass is 318 g/mol. The molecular formula is C12H18N2O4S2. The van der Waals surface area contributed by atoms with Crippen LogP contribution in [0.5, 0.6) is 0 Å². The maximum atomic E-state index is 12.4. The normalized spacial score (nSPS) is 18.6. The van der Waals surface area contributed by atoms with Gasteiger partial charge in [0.05, 0.1) is 9.79 Å². The molecule has 1 aromatic carbocycles. The number of nitrogens with zero attached hydrogens (tertiary/aromatic N) is 1. The summed E-state index contributed by atoms with van der Waals surface area (Å²) in [5.41, 5.74) is 0. The highest BCUT2D eigenvalue weighted by Gasteiger charge is 2.25. The van der Waals surface area contributed by atoms with Crippen molar-refractivity contribution in [2.45, 2.75) is 35.5 Å². The first-order chi connectivity index (χ1) is 9.32. The molecule has 2 N–H and O–H groups in total. The van der Waals surface area contributed by atoms with Crippen molar-refractivity contribution in [2.24, 2.45) is 5.14 Å². The highest BCUT2D eigenvalue weighted by molar-refractivity contribution is 7.89. The minimum absolute atomic E-state index is 0.0904. The fourth-order valence-corrected chi connectivity index (χ4v) is 4.26. The van der Waals surface area contributed by atoms with E-state index in [0.29, 0.717) is 13.1 Å². The van der Waals surface area contributed by atoms with Crippen LogP contribution in [0.25, 0.3) is 0 Å². The Kier molecular flexibility index (Phi) is 4.48. The van der Waals surface area contributed by atoms with E-state index in [1.54, 1.807) is 0 Å². The smallest absolute Gasteiger partial charge is 0.225 e. The third-order valence-corrected chi connectivity index (χ3v) is 6.20. The van der Waals surface area contributed by atoms with Gasteiger partial charge in [0.15, 0.2) is 0 Å². The Morgan fingerprint density at radius 2 is 1.25 bits per heavy atom. The predicted molar refractivity (Wildman–Crippen MR) is 75.0 cm³/mol. The van der Waals surface area contributed by atoms with E-state index in [0.717, 1.165) is 25.7 Å². The minimum atomic E-state index is -3.80. The van der Waals surface area contributed by atoms with Crippen LogP contribution < -0.4 is 5.14 Å². The molecule has 20 heavy (non-hydrogen) atoms. The van der Waals surface area contributed by atoms with E-state index in [-0.39, 0.29) is 9.79 Å². The molecule has 1 fully saturated rings.